The van der Waals surface area contributed by atoms with Crippen LogP contribution in [0.1, 0.15) is 18.1 Å². The summed E-state index contributed by atoms with van der Waals surface area (Å²) in [6.07, 6.45) is 0. The van der Waals surface area contributed by atoms with Gasteiger partial charge in [0.15, 0.2) is 0 Å². The Kier molecular flexibility index (Phi) is 4.96. The second-order valence-corrected chi connectivity index (χ2v) is 6.92. The zero-order valence-electron chi connectivity index (χ0n) is 14.0. The summed E-state index contributed by atoms with van der Waals surface area (Å²) in [6, 6.07) is 15.5. The Morgan fingerprint density at radius 2 is 1.96 bits per heavy atom. The van der Waals surface area contributed by atoms with Crippen LogP contribution in [0, 0.1) is 11.3 Å². The fourth-order valence-corrected chi connectivity index (χ4v) is 3.05. The van der Waals surface area contributed by atoms with E-state index in [1.807, 2.05) is 18.2 Å². The van der Waals surface area contributed by atoms with Crippen molar-refractivity contribution in [1.82, 2.24) is 10.2 Å². The SMILES string of the molecule is CC1(c2cccc(C#N)c2)NC(=O)N(CCOc2ccc(Br)cc2)C1=O. The van der Waals surface area contributed by atoms with E-state index in [4.69, 9.17) is 10.00 Å². The highest BCUT2D eigenvalue weighted by atomic mass is 79.9. The zero-order valence-corrected chi connectivity index (χ0v) is 15.6. The van der Waals surface area contributed by atoms with E-state index >= 15 is 0 Å². The molecule has 1 saturated heterocycles. The lowest BCUT2D eigenvalue weighted by molar-refractivity contribution is -0.131. The van der Waals surface area contributed by atoms with Gasteiger partial charge in [-0.3, -0.25) is 9.69 Å². The van der Waals surface area contributed by atoms with Gasteiger partial charge >= 0.3 is 6.03 Å². The number of nitriles is 1. The summed E-state index contributed by atoms with van der Waals surface area (Å²) in [5.41, 5.74) is -0.185. The molecule has 0 spiro atoms. The van der Waals surface area contributed by atoms with Gasteiger partial charge in [0.05, 0.1) is 18.2 Å². The molecular weight excluding hydrogens is 398 g/mol. The van der Waals surface area contributed by atoms with Gasteiger partial charge in [0, 0.05) is 4.47 Å². The van der Waals surface area contributed by atoms with Gasteiger partial charge in [-0.05, 0) is 48.9 Å². The lowest BCUT2D eigenvalue weighted by Crippen LogP contribution is -2.41. The number of ether oxygens (including phenoxy) is 1. The molecule has 26 heavy (non-hydrogen) atoms. The molecule has 0 aliphatic carbocycles. The first-order valence-electron chi connectivity index (χ1n) is 7.97. The highest BCUT2D eigenvalue weighted by Crippen LogP contribution is 2.29. The first-order valence-corrected chi connectivity index (χ1v) is 8.76. The van der Waals surface area contributed by atoms with E-state index < -0.39 is 11.6 Å². The Balaban J connectivity index is 1.70. The van der Waals surface area contributed by atoms with E-state index in [2.05, 4.69) is 21.2 Å². The first kappa shape index (κ1) is 18.0. The quantitative estimate of drug-likeness (QED) is 0.763. The van der Waals surface area contributed by atoms with E-state index in [1.54, 1.807) is 43.3 Å². The van der Waals surface area contributed by atoms with E-state index in [1.165, 1.54) is 0 Å². The Hall–Kier alpha value is -2.85. The highest BCUT2D eigenvalue weighted by molar-refractivity contribution is 9.10. The van der Waals surface area contributed by atoms with Crippen molar-refractivity contribution in [2.24, 2.45) is 0 Å². The molecule has 3 amide bonds. The number of hydrogen-bond donors (Lipinski definition) is 1. The maximum absolute atomic E-state index is 12.8. The predicted octanol–water partition coefficient (Wildman–Crippen LogP) is 3.17. The van der Waals surface area contributed by atoms with Gasteiger partial charge in [-0.15, -0.1) is 0 Å². The molecule has 1 fully saturated rings. The normalized spacial score (nSPS) is 19.2. The number of carbonyl (C=O) groups is 2. The van der Waals surface area contributed by atoms with E-state index in [0.717, 1.165) is 9.37 Å². The number of halogens is 1. The fraction of sp³-hybridized carbons (Fsp3) is 0.211. The molecule has 0 bridgehead atoms. The van der Waals surface area contributed by atoms with Crippen LogP contribution in [0.4, 0.5) is 4.79 Å². The first-order chi connectivity index (χ1) is 12.4. The van der Waals surface area contributed by atoms with E-state index in [0.29, 0.717) is 16.9 Å². The molecular formula is C19H16BrN3O3. The molecule has 0 radical (unpaired) electrons. The Labute approximate surface area is 159 Å². The van der Waals surface area contributed by atoms with Gasteiger partial charge in [-0.1, -0.05) is 28.1 Å². The molecule has 1 heterocycles. The average molecular weight is 414 g/mol. The number of urea groups is 1. The molecule has 0 aromatic heterocycles. The van der Waals surface area contributed by atoms with Crippen LogP contribution >= 0.6 is 15.9 Å². The second kappa shape index (κ2) is 7.18. The standard InChI is InChI=1S/C19H16BrN3O3/c1-19(14-4-2-3-13(11-14)12-21)17(24)23(18(25)22-19)9-10-26-16-7-5-15(20)6-8-16/h2-8,11H,9-10H2,1H3,(H,22,25). The second-order valence-electron chi connectivity index (χ2n) is 6.01. The number of hydrogen-bond acceptors (Lipinski definition) is 4. The van der Waals surface area contributed by atoms with Crippen molar-refractivity contribution in [3.05, 3.63) is 64.1 Å². The Morgan fingerprint density at radius 3 is 2.65 bits per heavy atom. The Morgan fingerprint density at radius 1 is 1.23 bits per heavy atom. The molecule has 132 valence electrons. The number of rotatable bonds is 5. The molecule has 3 rings (SSSR count). The van der Waals surface area contributed by atoms with Crippen molar-refractivity contribution in [3.63, 3.8) is 0 Å². The van der Waals surface area contributed by atoms with Crippen LogP contribution in [0.25, 0.3) is 0 Å². The largest absolute Gasteiger partial charge is 0.492 e. The van der Waals surface area contributed by atoms with Crippen LogP contribution in [0.3, 0.4) is 0 Å². The predicted molar refractivity (Wildman–Crippen MR) is 98.4 cm³/mol. The van der Waals surface area contributed by atoms with Crippen LogP contribution in [0.15, 0.2) is 53.0 Å². The van der Waals surface area contributed by atoms with Gasteiger partial charge in [0.2, 0.25) is 0 Å². The van der Waals surface area contributed by atoms with Gasteiger partial charge in [0.25, 0.3) is 5.91 Å². The summed E-state index contributed by atoms with van der Waals surface area (Å²) in [6.45, 7) is 1.96. The summed E-state index contributed by atoms with van der Waals surface area (Å²) in [4.78, 5) is 26.2. The molecule has 1 atom stereocenters. The molecule has 1 unspecified atom stereocenters. The number of imide groups is 1. The van der Waals surface area contributed by atoms with E-state index in [-0.39, 0.29) is 19.1 Å². The van der Waals surface area contributed by atoms with Crippen molar-refractivity contribution >= 4 is 27.9 Å². The minimum absolute atomic E-state index is 0.133. The number of nitrogens with zero attached hydrogens (tertiary/aromatic N) is 2. The van der Waals surface area contributed by atoms with Crippen LogP contribution in [-0.4, -0.2) is 30.0 Å². The van der Waals surface area contributed by atoms with Crippen molar-refractivity contribution < 1.29 is 14.3 Å². The minimum atomic E-state index is -1.19. The monoisotopic (exact) mass is 413 g/mol. The third kappa shape index (κ3) is 3.41. The lowest BCUT2D eigenvalue weighted by atomic mass is 9.91. The molecule has 2 aromatic rings. The van der Waals surface area contributed by atoms with Crippen LogP contribution < -0.4 is 10.1 Å². The number of carbonyl (C=O) groups excluding carboxylic acids is 2. The summed E-state index contributed by atoms with van der Waals surface area (Å²) < 4.78 is 6.53. The third-order valence-electron chi connectivity index (χ3n) is 4.24. The van der Waals surface area contributed by atoms with Crippen LogP contribution in [0.5, 0.6) is 5.75 Å². The molecule has 0 saturated carbocycles. The third-order valence-corrected chi connectivity index (χ3v) is 4.77. The van der Waals surface area contributed by atoms with Crippen molar-refractivity contribution in [2.75, 3.05) is 13.2 Å². The summed E-state index contributed by atoms with van der Waals surface area (Å²) in [7, 11) is 0. The number of amides is 3. The summed E-state index contributed by atoms with van der Waals surface area (Å²) in [5, 5.41) is 11.8. The number of benzene rings is 2. The minimum Gasteiger partial charge on any atom is -0.492 e. The molecule has 7 heteroatoms. The molecule has 6 nitrogen and oxygen atoms in total. The smallest absolute Gasteiger partial charge is 0.325 e. The fourth-order valence-electron chi connectivity index (χ4n) is 2.78. The van der Waals surface area contributed by atoms with Gasteiger partial charge in [-0.2, -0.15) is 5.26 Å². The maximum atomic E-state index is 12.8. The summed E-state index contributed by atoms with van der Waals surface area (Å²) >= 11 is 3.35. The average Bonchev–Trinajstić information content (AvgIpc) is 2.87. The van der Waals surface area contributed by atoms with Crippen LogP contribution in [0.2, 0.25) is 0 Å². The Bertz CT molecular complexity index is 892. The van der Waals surface area contributed by atoms with Crippen LogP contribution in [-0.2, 0) is 10.3 Å². The van der Waals surface area contributed by atoms with Gasteiger partial charge < -0.3 is 10.1 Å². The van der Waals surface area contributed by atoms with Gasteiger partial charge in [0.1, 0.15) is 17.9 Å². The van der Waals surface area contributed by atoms with Crippen molar-refractivity contribution in [2.45, 2.75) is 12.5 Å². The lowest BCUT2D eigenvalue weighted by Gasteiger charge is -2.22. The van der Waals surface area contributed by atoms with E-state index in [9.17, 15) is 9.59 Å². The molecule has 1 N–H and O–H groups in total. The molecule has 2 aromatic carbocycles. The highest BCUT2D eigenvalue weighted by Gasteiger charge is 2.48. The number of nitrogens with one attached hydrogen (secondary N) is 1. The van der Waals surface area contributed by atoms with Gasteiger partial charge in [-0.25, -0.2) is 4.79 Å². The van der Waals surface area contributed by atoms with Crippen molar-refractivity contribution in [1.29, 1.82) is 5.26 Å². The maximum Gasteiger partial charge on any atom is 0.325 e. The molecule has 1 aliphatic rings. The van der Waals surface area contributed by atoms with Crippen molar-refractivity contribution in [3.8, 4) is 11.8 Å². The molecule has 1 aliphatic heterocycles. The summed E-state index contributed by atoms with van der Waals surface area (Å²) in [5.74, 6) is 0.293. The zero-order chi connectivity index (χ0) is 18.7. The topological polar surface area (TPSA) is 82.4 Å².